The summed E-state index contributed by atoms with van der Waals surface area (Å²) in [6.45, 7) is 3.55. The molecule has 2 aliphatic rings. The summed E-state index contributed by atoms with van der Waals surface area (Å²) in [6.07, 6.45) is 1.81. The molecule has 10 nitrogen and oxygen atoms in total. The minimum absolute atomic E-state index is 0.248. The van der Waals surface area contributed by atoms with E-state index in [1.54, 1.807) is 11.4 Å². The molecule has 2 N–H and O–H groups in total. The molecule has 13 heteroatoms. The third-order valence-electron chi connectivity index (χ3n) is 5.71. The predicted molar refractivity (Wildman–Crippen MR) is 127 cm³/mol. The minimum Gasteiger partial charge on any atom is -0.378 e. The van der Waals surface area contributed by atoms with Crippen LogP contribution in [0.4, 0.5) is 20.9 Å². The first-order chi connectivity index (χ1) is 16.2. The van der Waals surface area contributed by atoms with E-state index in [0.29, 0.717) is 63.6 Å². The topological polar surface area (TPSA) is 121 Å². The Morgan fingerprint density at radius 1 is 1.15 bits per heavy atom. The molecule has 0 unspecified atom stereocenters. The molecular weight excluding hydrogens is 485 g/mol. The molecule has 1 aromatic heterocycles. The molecule has 0 aliphatic carbocycles. The number of morpholine rings is 1. The van der Waals surface area contributed by atoms with Crippen LogP contribution in [0, 0.1) is 11.7 Å². The van der Waals surface area contributed by atoms with Gasteiger partial charge in [0.2, 0.25) is 15.9 Å². The highest BCUT2D eigenvalue weighted by Crippen LogP contribution is 2.31. The number of piperidine rings is 1. The van der Waals surface area contributed by atoms with Crippen molar-refractivity contribution in [3.8, 4) is 0 Å². The first kappa shape index (κ1) is 24.4. The van der Waals surface area contributed by atoms with Gasteiger partial charge in [-0.3, -0.25) is 14.3 Å². The zero-order chi connectivity index (χ0) is 24.3. The van der Waals surface area contributed by atoms with Crippen molar-refractivity contribution in [3.05, 3.63) is 35.1 Å². The molecule has 0 spiro atoms. The number of amides is 2. The Labute approximate surface area is 201 Å². The number of benzene rings is 1. The highest BCUT2D eigenvalue weighted by molar-refractivity contribution is 7.89. The van der Waals surface area contributed by atoms with Crippen molar-refractivity contribution >= 4 is 49.7 Å². The van der Waals surface area contributed by atoms with Gasteiger partial charge in [0.1, 0.15) is 11.5 Å². The maximum absolute atomic E-state index is 14.0. The molecule has 184 valence electrons. The molecule has 2 aliphatic heterocycles. The molecule has 0 bridgehead atoms. The van der Waals surface area contributed by atoms with Gasteiger partial charge in [0, 0.05) is 37.5 Å². The molecule has 2 amide bonds. The second kappa shape index (κ2) is 10.2. The zero-order valence-corrected chi connectivity index (χ0v) is 20.3. The molecule has 3 heterocycles. The van der Waals surface area contributed by atoms with Gasteiger partial charge in [0.15, 0.2) is 5.13 Å². The number of carbonyl (C=O) groups is 2. The highest BCUT2D eigenvalue weighted by Gasteiger charge is 2.28. The van der Waals surface area contributed by atoms with Crippen LogP contribution < -0.4 is 19.8 Å². The third kappa shape index (κ3) is 6.02. The van der Waals surface area contributed by atoms with Crippen LogP contribution in [0.25, 0.3) is 0 Å². The lowest BCUT2D eigenvalue weighted by Crippen LogP contribution is -2.42. The number of hydrogen-bond donors (Lipinski definition) is 2. The number of nitrogens with zero attached hydrogens (tertiary/aromatic N) is 3. The van der Waals surface area contributed by atoms with Crippen molar-refractivity contribution in [2.75, 3.05) is 60.8 Å². The molecule has 4 rings (SSSR count). The Balaban J connectivity index is 1.43. The number of anilines is 3. The number of halogens is 1. The lowest BCUT2D eigenvalue weighted by Gasteiger charge is -2.34. The zero-order valence-electron chi connectivity index (χ0n) is 18.6. The van der Waals surface area contributed by atoms with Gasteiger partial charge in [-0.1, -0.05) is 0 Å². The number of aromatic nitrogens is 1. The molecule has 34 heavy (non-hydrogen) atoms. The van der Waals surface area contributed by atoms with Crippen molar-refractivity contribution in [2.45, 2.75) is 12.8 Å². The van der Waals surface area contributed by atoms with Gasteiger partial charge >= 0.3 is 0 Å². The van der Waals surface area contributed by atoms with Crippen LogP contribution in [0.1, 0.15) is 23.3 Å². The van der Waals surface area contributed by atoms with Crippen molar-refractivity contribution in [1.29, 1.82) is 0 Å². The van der Waals surface area contributed by atoms with Crippen LogP contribution in [-0.4, -0.2) is 70.9 Å². The van der Waals surface area contributed by atoms with Crippen LogP contribution in [0.3, 0.4) is 0 Å². The molecule has 2 aromatic rings. The highest BCUT2D eigenvalue weighted by atomic mass is 32.2. The molecule has 2 saturated heterocycles. The lowest BCUT2D eigenvalue weighted by molar-refractivity contribution is -0.123. The van der Waals surface area contributed by atoms with Gasteiger partial charge < -0.3 is 19.9 Å². The summed E-state index contributed by atoms with van der Waals surface area (Å²) in [7, 11) is -3.61. The van der Waals surface area contributed by atoms with Crippen molar-refractivity contribution < 1.29 is 27.1 Å². The maximum Gasteiger partial charge on any atom is 0.275 e. The molecule has 0 saturated carbocycles. The van der Waals surface area contributed by atoms with E-state index < -0.39 is 33.6 Å². The Morgan fingerprint density at radius 3 is 2.53 bits per heavy atom. The fourth-order valence-corrected chi connectivity index (χ4v) is 5.38. The lowest BCUT2D eigenvalue weighted by atomic mass is 9.96. The Bertz CT molecular complexity index is 1160. The van der Waals surface area contributed by atoms with Crippen LogP contribution >= 0.6 is 11.3 Å². The van der Waals surface area contributed by atoms with Crippen LogP contribution in [0.2, 0.25) is 0 Å². The monoisotopic (exact) mass is 511 g/mol. The van der Waals surface area contributed by atoms with Gasteiger partial charge in [0.05, 0.1) is 30.8 Å². The summed E-state index contributed by atoms with van der Waals surface area (Å²) < 4.78 is 44.1. The fourth-order valence-electron chi connectivity index (χ4n) is 3.99. The standard InChI is InChI=1S/C21H26FN5O5S2/c1-34(30,31)25-19(28)14-4-6-26(7-5-14)18-3-2-15(22)12-16(18)23-20(29)17-13-33-21(24-17)27-8-10-32-11-9-27/h2-3,12-14H,4-11H2,1H3,(H,23,29)(H,25,28). The fraction of sp³-hybridized carbons (Fsp3) is 0.476. The van der Waals surface area contributed by atoms with Crippen molar-refractivity contribution in [2.24, 2.45) is 5.92 Å². The van der Waals surface area contributed by atoms with E-state index >= 15 is 0 Å². The van der Waals surface area contributed by atoms with Crippen LogP contribution in [0.5, 0.6) is 0 Å². The van der Waals surface area contributed by atoms with Crippen molar-refractivity contribution in [3.63, 3.8) is 0 Å². The summed E-state index contributed by atoms with van der Waals surface area (Å²) in [5.74, 6) is -1.88. The summed E-state index contributed by atoms with van der Waals surface area (Å²) in [5, 5.41) is 5.18. The largest absolute Gasteiger partial charge is 0.378 e. The number of rotatable bonds is 6. The number of sulfonamides is 1. The van der Waals surface area contributed by atoms with Crippen molar-refractivity contribution in [1.82, 2.24) is 9.71 Å². The summed E-state index contributed by atoms with van der Waals surface area (Å²) in [4.78, 5) is 33.5. The Hall–Kier alpha value is -2.77. The van der Waals surface area contributed by atoms with Gasteiger partial charge in [-0.15, -0.1) is 11.3 Å². The SMILES string of the molecule is CS(=O)(=O)NC(=O)C1CCN(c2ccc(F)cc2NC(=O)c2csc(N3CCOCC3)n2)CC1. The number of nitrogens with one attached hydrogen (secondary N) is 2. The maximum atomic E-state index is 14.0. The van der Waals surface area contributed by atoms with E-state index in [-0.39, 0.29) is 5.69 Å². The van der Waals surface area contributed by atoms with Gasteiger partial charge in [0.25, 0.3) is 5.91 Å². The van der Waals surface area contributed by atoms with E-state index in [1.165, 1.54) is 23.5 Å². The smallest absolute Gasteiger partial charge is 0.275 e. The quantitative estimate of drug-likeness (QED) is 0.601. The molecule has 0 radical (unpaired) electrons. The molecule has 2 fully saturated rings. The number of ether oxygens (including phenoxy) is 1. The van der Waals surface area contributed by atoms with Gasteiger partial charge in [-0.2, -0.15) is 0 Å². The Kier molecular flexibility index (Phi) is 7.33. The number of thiazole rings is 1. The molecular formula is C21H26FN5O5S2. The van der Waals surface area contributed by atoms with Gasteiger partial charge in [-0.25, -0.2) is 17.8 Å². The van der Waals surface area contributed by atoms with E-state index in [9.17, 15) is 22.4 Å². The number of carbonyl (C=O) groups excluding carboxylic acids is 2. The van der Waals surface area contributed by atoms with Gasteiger partial charge in [-0.05, 0) is 31.0 Å². The minimum atomic E-state index is -3.61. The van der Waals surface area contributed by atoms with E-state index in [2.05, 4.69) is 15.2 Å². The normalized spacial score (nSPS) is 17.5. The summed E-state index contributed by atoms with van der Waals surface area (Å²) >= 11 is 1.37. The molecule has 0 atom stereocenters. The van der Waals surface area contributed by atoms with Crippen LogP contribution in [-0.2, 0) is 19.6 Å². The third-order valence-corrected chi connectivity index (χ3v) is 7.18. The predicted octanol–water partition coefficient (Wildman–Crippen LogP) is 1.66. The first-order valence-corrected chi connectivity index (χ1v) is 13.6. The molecule has 1 aromatic carbocycles. The summed E-state index contributed by atoms with van der Waals surface area (Å²) in [5.41, 5.74) is 1.18. The van der Waals surface area contributed by atoms with E-state index in [0.717, 1.165) is 11.4 Å². The second-order valence-corrected chi connectivity index (χ2v) is 10.8. The Morgan fingerprint density at radius 2 is 1.85 bits per heavy atom. The first-order valence-electron chi connectivity index (χ1n) is 10.9. The van der Waals surface area contributed by atoms with E-state index in [4.69, 9.17) is 4.74 Å². The van der Waals surface area contributed by atoms with Crippen LogP contribution in [0.15, 0.2) is 23.6 Å². The number of hydrogen-bond acceptors (Lipinski definition) is 9. The van der Waals surface area contributed by atoms with E-state index in [1.807, 2.05) is 9.62 Å². The average molecular weight is 512 g/mol. The summed E-state index contributed by atoms with van der Waals surface area (Å²) in [6, 6.07) is 4.15. The average Bonchev–Trinajstić information content (AvgIpc) is 3.29. The second-order valence-electron chi connectivity index (χ2n) is 8.23.